The van der Waals surface area contributed by atoms with Crippen molar-refractivity contribution in [1.29, 1.82) is 0 Å². The Morgan fingerprint density at radius 1 is 1.25 bits per heavy atom. The number of ether oxygens (including phenoxy) is 1. The second kappa shape index (κ2) is 3.69. The second-order valence-electron chi connectivity index (χ2n) is 3.08. The maximum Gasteiger partial charge on any atom is 0.309 e. The zero-order valence-corrected chi connectivity index (χ0v) is 8.67. The third kappa shape index (κ3) is 1.62. The Bertz CT molecular complexity index is 575. The first kappa shape index (κ1) is 10.2. The highest BCUT2D eigenvalue weighted by Gasteiger charge is 2.14. The summed E-state index contributed by atoms with van der Waals surface area (Å²) in [5.41, 5.74) is 0.603. The van der Waals surface area contributed by atoms with Crippen LogP contribution in [0.5, 0.6) is 5.88 Å². The molecule has 7 heteroatoms. The van der Waals surface area contributed by atoms with Crippen LogP contribution < -0.4 is 4.74 Å². The van der Waals surface area contributed by atoms with Gasteiger partial charge in [0.1, 0.15) is 12.7 Å². The molecule has 0 unspecified atom stereocenters. The molecule has 0 atom stereocenters. The first-order chi connectivity index (χ1) is 7.59. The van der Waals surface area contributed by atoms with E-state index in [1.165, 1.54) is 31.1 Å². The summed E-state index contributed by atoms with van der Waals surface area (Å²) in [6.45, 7) is 2.64. The number of hydrogen-bond donors (Lipinski definition) is 0. The summed E-state index contributed by atoms with van der Waals surface area (Å²) in [6, 6.07) is 0. The van der Waals surface area contributed by atoms with Crippen LogP contribution in [0.3, 0.4) is 0 Å². The van der Waals surface area contributed by atoms with Crippen LogP contribution >= 0.6 is 0 Å². The van der Waals surface area contributed by atoms with Gasteiger partial charge >= 0.3 is 5.97 Å². The van der Waals surface area contributed by atoms with Gasteiger partial charge in [0.15, 0.2) is 11.2 Å². The minimum Gasteiger partial charge on any atom is -0.405 e. The standard InChI is InChI=1S/C9H8N4O3/c1-5(14)13-4-12-7-8(13)10-3-11-9(7)16-6(2)15/h3-4H,1-2H3. The van der Waals surface area contributed by atoms with Gasteiger partial charge in [0.2, 0.25) is 5.91 Å². The Labute approximate surface area is 90.1 Å². The molecule has 0 fully saturated rings. The molecule has 0 amide bonds. The van der Waals surface area contributed by atoms with Crippen molar-refractivity contribution in [3.63, 3.8) is 0 Å². The molecule has 0 N–H and O–H groups in total. The first-order valence-corrected chi connectivity index (χ1v) is 4.47. The van der Waals surface area contributed by atoms with Crippen LogP contribution in [0, 0.1) is 0 Å². The molecule has 0 aliphatic heterocycles. The topological polar surface area (TPSA) is 87.0 Å². The molecule has 7 nitrogen and oxygen atoms in total. The highest BCUT2D eigenvalue weighted by Crippen LogP contribution is 2.19. The minimum absolute atomic E-state index is 0.0532. The average Bonchev–Trinajstić information content (AvgIpc) is 2.61. The van der Waals surface area contributed by atoms with Gasteiger partial charge in [-0.05, 0) is 0 Å². The van der Waals surface area contributed by atoms with E-state index >= 15 is 0 Å². The molecule has 2 aromatic heterocycles. The molecule has 0 saturated carbocycles. The van der Waals surface area contributed by atoms with Crippen LogP contribution in [0.1, 0.15) is 18.6 Å². The van der Waals surface area contributed by atoms with Gasteiger partial charge < -0.3 is 4.74 Å². The molecule has 2 rings (SSSR count). The average molecular weight is 220 g/mol. The van der Waals surface area contributed by atoms with Crippen LogP contribution in [0.2, 0.25) is 0 Å². The lowest BCUT2D eigenvalue weighted by molar-refractivity contribution is -0.132. The predicted molar refractivity (Wildman–Crippen MR) is 52.9 cm³/mol. The van der Waals surface area contributed by atoms with Crippen LogP contribution in [0.15, 0.2) is 12.7 Å². The van der Waals surface area contributed by atoms with Gasteiger partial charge in [-0.1, -0.05) is 0 Å². The van der Waals surface area contributed by atoms with E-state index in [-0.39, 0.29) is 17.3 Å². The number of hydrogen-bond acceptors (Lipinski definition) is 6. The summed E-state index contributed by atoms with van der Waals surface area (Å²) in [7, 11) is 0. The molecule has 0 bridgehead atoms. The summed E-state index contributed by atoms with van der Waals surface area (Å²) in [5.74, 6) is -0.676. The second-order valence-corrected chi connectivity index (χ2v) is 3.08. The van der Waals surface area contributed by atoms with Gasteiger partial charge in [-0.15, -0.1) is 0 Å². The molecule has 82 valence electrons. The molecule has 0 aliphatic carbocycles. The Hall–Kier alpha value is -2.31. The first-order valence-electron chi connectivity index (χ1n) is 4.47. The Morgan fingerprint density at radius 2 is 2.00 bits per heavy atom. The summed E-state index contributed by atoms with van der Waals surface area (Å²) in [4.78, 5) is 33.6. The molecule has 2 aromatic rings. The van der Waals surface area contributed by atoms with Gasteiger partial charge in [-0.2, -0.15) is 4.98 Å². The number of esters is 1. The van der Waals surface area contributed by atoms with Gasteiger partial charge in [-0.25, -0.2) is 9.97 Å². The summed E-state index contributed by atoms with van der Waals surface area (Å²) in [5, 5.41) is 0. The monoisotopic (exact) mass is 220 g/mol. The third-order valence-corrected chi connectivity index (χ3v) is 1.88. The molecule has 0 saturated heterocycles. The number of rotatable bonds is 1. The Kier molecular flexibility index (Phi) is 2.35. The predicted octanol–water partition coefficient (Wildman–Crippen LogP) is 0.412. The largest absolute Gasteiger partial charge is 0.405 e. The van der Waals surface area contributed by atoms with E-state index in [1.54, 1.807) is 0 Å². The van der Waals surface area contributed by atoms with Crippen LogP contribution in [-0.2, 0) is 4.79 Å². The maximum absolute atomic E-state index is 11.2. The molecule has 0 spiro atoms. The van der Waals surface area contributed by atoms with E-state index < -0.39 is 5.97 Å². The lowest BCUT2D eigenvalue weighted by Crippen LogP contribution is -2.06. The van der Waals surface area contributed by atoms with Crippen molar-refractivity contribution in [1.82, 2.24) is 19.5 Å². The molecule has 16 heavy (non-hydrogen) atoms. The molecule has 0 aliphatic rings. The number of carbonyl (C=O) groups is 2. The van der Waals surface area contributed by atoms with Crippen molar-refractivity contribution in [3.05, 3.63) is 12.7 Å². The van der Waals surface area contributed by atoms with Crippen molar-refractivity contribution in [2.24, 2.45) is 0 Å². The number of nitrogens with zero attached hydrogens (tertiary/aromatic N) is 4. The van der Waals surface area contributed by atoms with Crippen molar-refractivity contribution in [2.45, 2.75) is 13.8 Å². The summed E-state index contributed by atoms with van der Waals surface area (Å²) < 4.78 is 6.10. The molecular formula is C9H8N4O3. The van der Waals surface area contributed by atoms with E-state index in [0.717, 1.165) is 0 Å². The summed E-state index contributed by atoms with van der Waals surface area (Å²) in [6.07, 6.45) is 2.52. The van der Waals surface area contributed by atoms with Gasteiger partial charge in [-0.3, -0.25) is 14.2 Å². The van der Waals surface area contributed by atoms with Crippen molar-refractivity contribution in [2.75, 3.05) is 0 Å². The highest BCUT2D eigenvalue weighted by atomic mass is 16.5. The normalized spacial score (nSPS) is 10.4. The van der Waals surface area contributed by atoms with Gasteiger partial charge in [0, 0.05) is 13.8 Å². The lowest BCUT2D eigenvalue weighted by atomic mass is 10.5. The Morgan fingerprint density at radius 3 is 2.62 bits per heavy atom. The fourth-order valence-corrected chi connectivity index (χ4v) is 1.25. The lowest BCUT2D eigenvalue weighted by Gasteiger charge is -2.00. The zero-order chi connectivity index (χ0) is 11.7. The van der Waals surface area contributed by atoms with Crippen LogP contribution in [0.4, 0.5) is 0 Å². The third-order valence-electron chi connectivity index (χ3n) is 1.88. The van der Waals surface area contributed by atoms with Crippen LogP contribution in [-0.4, -0.2) is 31.4 Å². The molecule has 2 heterocycles. The van der Waals surface area contributed by atoms with E-state index in [9.17, 15) is 9.59 Å². The van der Waals surface area contributed by atoms with Crippen molar-refractivity contribution < 1.29 is 14.3 Å². The Balaban J connectivity index is 2.61. The fourth-order valence-electron chi connectivity index (χ4n) is 1.25. The van der Waals surface area contributed by atoms with E-state index in [4.69, 9.17) is 4.74 Å². The van der Waals surface area contributed by atoms with Gasteiger partial charge in [0.25, 0.3) is 5.88 Å². The quantitative estimate of drug-likeness (QED) is 0.647. The fraction of sp³-hybridized carbons (Fsp3) is 0.222. The maximum atomic E-state index is 11.2. The molecule has 0 radical (unpaired) electrons. The summed E-state index contributed by atoms with van der Waals surface area (Å²) >= 11 is 0. The minimum atomic E-state index is -0.502. The number of carbonyl (C=O) groups excluding carboxylic acids is 2. The molecule has 0 aromatic carbocycles. The SMILES string of the molecule is CC(=O)Oc1ncnc2c1ncn2C(C)=O. The smallest absolute Gasteiger partial charge is 0.309 e. The van der Waals surface area contributed by atoms with Crippen molar-refractivity contribution >= 4 is 23.0 Å². The van der Waals surface area contributed by atoms with E-state index in [0.29, 0.717) is 5.65 Å². The van der Waals surface area contributed by atoms with Crippen LogP contribution in [0.25, 0.3) is 11.2 Å². The highest BCUT2D eigenvalue weighted by molar-refractivity contribution is 5.89. The number of imidazole rings is 1. The van der Waals surface area contributed by atoms with E-state index in [1.807, 2.05) is 0 Å². The van der Waals surface area contributed by atoms with E-state index in [2.05, 4.69) is 15.0 Å². The number of aromatic nitrogens is 4. The zero-order valence-electron chi connectivity index (χ0n) is 8.67. The number of fused-ring (bicyclic) bond motifs is 1. The van der Waals surface area contributed by atoms with Crippen molar-refractivity contribution in [3.8, 4) is 5.88 Å². The van der Waals surface area contributed by atoms with Gasteiger partial charge in [0.05, 0.1) is 0 Å². The molecular weight excluding hydrogens is 212 g/mol.